The van der Waals surface area contributed by atoms with Crippen LogP contribution in [0.3, 0.4) is 0 Å². The van der Waals surface area contributed by atoms with E-state index in [9.17, 15) is 13.0 Å². The van der Waals surface area contributed by atoms with Crippen molar-refractivity contribution in [1.82, 2.24) is 0 Å². The van der Waals surface area contributed by atoms with Gasteiger partial charge in [0.05, 0.1) is 25.5 Å². The first-order valence-corrected chi connectivity index (χ1v) is 7.80. The largest absolute Gasteiger partial charge is 0.726 e. The predicted octanol–water partition coefficient (Wildman–Crippen LogP) is 1.91. The summed E-state index contributed by atoms with van der Waals surface area (Å²) < 4.78 is 33.0. The maximum atomic E-state index is 9.22. The van der Waals surface area contributed by atoms with Crippen LogP contribution in [0.2, 0.25) is 0 Å². The average Bonchev–Trinajstić information content (AvgIpc) is 2.48. The van der Waals surface area contributed by atoms with E-state index in [0.29, 0.717) is 0 Å². The third-order valence-corrected chi connectivity index (χ3v) is 3.11. The van der Waals surface area contributed by atoms with E-state index < -0.39 is 10.4 Å². The van der Waals surface area contributed by atoms with Gasteiger partial charge in [-0.05, 0) is 48.4 Å². The van der Waals surface area contributed by atoms with Gasteiger partial charge in [0.1, 0.15) is 5.69 Å². The monoisotopic (exact) mass is 338 g/mol. The van der Waals surface area contributed by atoms with E-state index in [2.05, 4.69) is 14.4 Å². The molecule has 0 spiro atoms. The van der Waals surface area contributed by atoms with E-state index in [4.69, 9.17) is 5.73 Å². The second-order valence-electron chi connectivity index (χ2n) is 4.49. The van der Waals surface area contributed by atoms with Crippen molar-refractivity contribution in [2.45, 2.75) is 6.92 Å². The Morgan fingerprint density at radius 3 is 2.22 bits per heavy atom. The molecule has 0 aliphatic heterocycles. The normalized spacial score (nSPS) is 11.1. The first kappa shape index (κ1) is 18.7. The molecular formula is C14H18N4O4S. The fourth-order valence-corrected chi connectivity index (χ4v) is 1.54. The van der Waals surface area contributed by atoms with Gasteiger partial charge in [0, 0.05) is 11.3 Å². The van der Waals surface area contributed by atoms with Gasteiger partial charge < -0.3 is 10.3 Å². The molecule has 0 saturated carbocycles. The Morgan fingerprint density at radius 1 is 1.17 bits per heavy atom. The molecule has 1 aromatic heterocycles. The lowest BCUT2D eigenvalue weighted by molar-refractivity contribution is -0.658. The van der Waals surface area contributed by atoms with Gasteiger partial charge >= 0.3 is 5.82 Å². The van der Waals surface area contributed by atoms with Gasteiger partial charge in [-0.25, -0.2) is 13.0 Å². The van der Waals surface area contributed by atoms with E-state index in [1.807, 2.05) is 61.1 Å². The number of hydrogen-bond acceptors (Lipinski definition) is 7. The van der Waals surface area contributed by atoms with Crippen molar-refractivity contribution in [3.05, 3.63) is 48.2 Å². The third-order valence-electron chi connectivity index (χ3n) is 2.70. The molecule has 0 amide bonds. The second-order valence-corrected chi connectivity index (χ2v) is 5.64. The van der Waals surface area contributed by atoms with E-state index in [1.165, 1.54) is 0 Å². The van der Waals surface area contributed by atoms with Crippen molar-refractivity contribution in [1.29, 1.82) is 0 Å². The Bertz CT molecular complexity index is 754. The fourth-order valence-electron chi connectivity index (χ4n) is 1.54. The summed E-state index contributed by atoms with van der Waals surface area (Å²) in [7, 11) is -1.66. The lowest BCUT2D eigenvalue weighted by atomic mass is 10.3. The number of benzene rings is 1. The lowest BCUT2D eigenvalue weighted by Gasteiger charge is -1.98. The van der Waals surface area contributed by atoms with Gasteiger partial charge in [-0.1, -0.05) is 0 Å². The minimum absolute atomic E-state index is 0.727. The molecule has 23 heavy (non-hydrogen) atoms. The zero-order valence-electron chi connectivity index (χ0n) is 13.0. The number of rotatable bonds is 3. The average molecular weight is 338 g/mol. The summed E-state index contributed by atoms with van der Waals surface area (Å²) in [6.07, 6.45) is 1.95. The van der Waals surface area contributed by atoms with Crippen LogP contribution in [0.4, 0.5) is 17.2 Å². The molecule has 8 nitrogen and oxygen atoms in total. The molecule has 2 N–H and O–H groups in total. The Labute approximate surface area is 135 Å². The quantitative estimate of drug-likeness (QED) is 0.301. The van der Waals surface area contributed by atoms with E-state index >= 15 is 0 Å². The van der Waals surface area contributed by atoms with Crippen molar-refractivity contribution < 1.29 is 21.7 Å². The molecule has 0 bridgehead atoms. The first-order valence-electron chi connectivity index (χ1n) is 6.47. The van der Waals surface area contributed by atoms with Crippen molar-refractivity contribution in [3.8, 4) is 0 Å². The van der Waals surface area contributed by atoms with Crippen LogP contribution in [0, 0.1) is 6.92 Å². The molecule has 0 unspecified atom stereocenters. The van der Waals surface area contributed by atoms with Gasteiger partial charge in [0.25, 0.3) is 0 Å². The molecule has 0 aliphatic rings. The topological polar surface area (TPSA) is 121 Å². The number of nitrogens with zero attached hydrogens (tertiary/aromatic N) is 3. The highest BCUT2D eigenvalue weighted by molar-refractivity contribution is 7.80. The number of anilines is 1. The Hall–Kier alpha value is -2.36. The van der Waals surface area contributed by atoms with Crippen LogP contribution in [-0.4, -0.2) is 20.1 Å². The zero-order valence-corrected chi connectivity index (χ0v) is 13.8. The Morgan fingerprint density at radius 2 is 1.74 bits per heavy atom. The van der Waals surface area contributed by atoms with Crippen molar-refractivity contribution in [2.75, 3.05) is 12.8 Å². The maximum Gasteiger partial charge on any atom is 0.353 e. The molecule has 124 valence electrons. The number of aromatic nitrogens is 1. The number of hydrogen-bond donors (Lipinski definition) is 1. The summed E-state index contributed by atoms with van der Waals surface area (Å²) in [4.78, 5) is 0. The summed E-state index contributed by atoms with van der Waals surface area (Å²) in [5.74, 6) is 0.851. The number of nitrogens with two attached hydrogens (primary N) is 1. The minimum atomic E-state index is -4.41. The fraction of sp³-hybridized carbons (Fsp3) is 0.214. The van der Waals surface area contributed by atoms with Gasteiger partial charge in [0.2, 0.25) is 10.4 Å². The molecule has 0 aliphatic carbocycles. The van der Waals surface area contributed by atoms with E-state index in [1.54, 1.807) is 0 Å². The van der Waals surface area contributed by atoms with Gasteiger partial charge in [-0.2, -0.15) is 0 Å². The molecule has 1 heterocycles. The van der Waals surface area contributed by atoms with Crippen LogP contribution in [0.15, 0.2) is 52.8 Å². The molecule has 9 heteroatoms. The SMILES string of the molecule is COS(=O)(=O)[O-].Cc1ccc[n+](C)c1N=Nc1ccc(N)cc1. The second kappa shape index (κ2) is 8.32. The van der Waals surface area contributed by atoms with Gasteiger partial charge in [-0.15, -0.1) is 0 Å². The summed E-state index contributed by atoms with van der Waals surface area (Å²) in [6, 6.07) is 11.3. The standard InChI is InChI=1S/C13H14N4.CH4O4S/c1-10-4-3-9-17(2)13(10)16-15-12-7-5-11(14)6-8-12;1-5-6(2,3)4/h3-9,14H,1-2H3;1H3,(H,2,3,4). The molecule has 2 rings (SSSR count). The van der Waals surface area contributed by atoms with Gasteiger partial charge in [-0.3, -0.25) is 4.18 Å². The molecule has 2 aromatic rings. The van der Waals surface area contributed by atoms with E-state index in [0.717, 1.165) is 29.9 Å². The maximum absolute atomic E-state index is 9.22. The van der Waals surface area contributed by atoms with E-state index in [-0.39, 0.29) is 0 Å². The molecular weight excluding hydrogens is 320 g/mol. The van der Waals surface area contributed by atoms with Crippen LogP contribution >= 0.6 is 0 Å². The highest BCUT2D eigenvalue weighted by Crippen LogP contribution is 2.18. The minimum Gasteiger partial charge on any atom is -0.726 e. The van der Waals surface area contributed by atoms with Crippen LogP contribution in [-0.2, 0) is 21.6 Å². The summed E-state index contributed by atoms with van der Waals surface area (Å²) >= 11 is 0. The number of aryl methyl sites for hydroxylation is 2. The number of nitrogen functional groups attached to an aromatic ring is 1. The highest BCUT2D eigenvalue weighted by atomic mass is 32.3. The summed E-state index contributed by atoms with van der Waals surface area (Å²) in [6.45, 7) is 2.01. The predicted molar refractivity (Wildman–Crippen MR) is 84.1 cm³/mol. The smallest absolute Gasteiger partial charge is 0.353 e. The Balaban J connectivity index is 0.000000379. The summed E-state index contributed by atoms with van der Waals surface area (Å²) in [5, 5.41) is 8.44. The van der Waals surface area contributed by atoms with Crippen LogP contribution in [0.25, 0.3) is 0 Å². The van der Waals surface area contributed by atoms with Gasteiger partial charge in [0.15, 0.2) is 0 Å². The highest BCUT2D eigenvalue weighted by Gasteiger charge is 2.09. The Kier molecular flexibility index (Phi) is 6.76. The molecule has 0 saturated heterocycles. The van der Waals surface area contributed by atoms with Crippen molar-refractivity contribution >= 4 is 27.6 Å². The molecule has 1 aromatic carbocycles. The van der Waals surface area contributed by atoms with Crippen LogP contribution in [0.5, 0.6) is 0 Å². The first-order chi connectivity index (χ1) is 10.7. The van der Waals surface area contributed by atoms with Crippen molar-refractivity contribution in [3.63, 3.8) is 0 Å². The number of pyridine rings is 1. The zero-order chi connectivity index (χ0) is 17.5. The third kappa shape index (κ3) is 6.96. The van der Waals surface area contributed by atoms with Crippen LogP contribution in [0.1, 0.15) is 5.56 Å². The molecule has 0 fully saturated rings. The summed E-state index contributed by atoms with van der Waals surface area (Å²) in [5.41, 5.74) is 8.22. The number of azo groups is 1. The van der Waals surface area contributed by atoms with Crippen LogP contribution < -0.4 is 10.3 Å². The molecule has 0 radical (unpaired) electrons. The van der Waals surface area contributed by atoms with Crippen molar-refractivity contribution in [2.24, 2.45) is 17.3 Å². The molecule has 0 atom stereocenters. The lowest BCUT2D eigenvalue weighted by Crippen LogP contribution is -2.27.